The second-order valence-electron chi connectivity index (χ2n) is 8.42. The van der Waals surface area contributed by atoms with Crippen molar-refractivity contribution in [3.8, 4) is 5.75 Å². The average molecular weight is 385 g/mol. The number of rotatable bonds is 3. The lowest BCUT2D eigenvalue weighted by Gasteiger charge is -2.37. The third kappa shape index (κ3) is 2.36. The highest BCUT2D eigenvalue weighted by Crippen LogP contribution is 2.65. The number of benzene rings is 2. The Morgan fingerprint density at radius 3 is 2.17 bits per heavy atom. The van der Waals surface area contributed by atoms with E-state index in [0.29, 0.717) is 28.8 Å². The first-order valence-corrected chi connectivity index (χ1v) is 10.1. The van der Waals surface area contributed by atoms with Gasteiger partial charge in [0, 0.05) is 6.07 Å². The third-order valence-corrected chi connectivity index (χ3v) is 6.96. The number of esters is 1. The Balaban J connectivity index is 1.29. The van der Waals surface area contributed by atoms with Crippen molar-refractivity contribution in [2.45, 2.75) is 6.42 Å². The van der Waals surface area contributed by atoms with Gasteiger partial charge in [-0.05, 0) is 54.4 Å². The number of anilines is 1. The van der Waals surface area contributed by atoms with Crippen LogP contribution in [0.15, 0.2) is 66.7 Å². The van der Waals surface area contributed by atoms with Crippen LogP contribution in [0.3, 0.4) is 0 Å². The summed E-state index contributed by atoms with van der Waals surface area (Å²) in [5.74, 6) is 0.655. The van der Waals surface area contributed by atoms with Crippen LogP contribution in [0.2, 0.25) is 0 Å². The highest BCUT2D eigenvalue weighted by Gasteiger charge is 2.67. The van der Waals surface area contributed by atoms with Gasteiger partial charge < -0.3 is 4.74 Å². The average Bonchev–Trinajstić information content (AvgIpc) is 3.52. The normalized spacial score (nSPS) is 33.4. The van der Waals surface area contributed by atoms with Crippen LogP contribution in [0, 0.1) is 35.5 Å². The number of imide groups is 1. The minimum atomic E-state index is -0.474. The number of carbonyl (C=O) groups excluding carboxylic acids is 3. The number of amides is 2. The van der Waals surface area contributed by atoms with Gasteiger partial charge in [0.15, 0.2) is 0 Å². The molecule has 6 atom stereocenters. The van der Waals surface area contributed by atoms with E-state index < -0.39 is 5.97 Å². The van der Waals surface area contributed by atoms with E-state index in [1.54, 1.807) is 48.5 Å². The molecule has 2 amide bonds. The number of hydrogen-bond donors (Lipinski definition) is 0. The molecule has 3 fully saturated rings. The fraction of sp³-hybridized carbons (Fsp3) is 0.292. The second kappa shape index (κ2) is 5.89. The fourth-order valence-electron chi connectivity index (χ4n) is 5.64. The number of carbonyl (C=O) groups is 3. The molecule has 2 aromatic carbocycles. The van der Waals surface area contributed by atoms with E-state index in [-0.39, 0.29) is 35.5 Å². The summed E-state index contributed by atoms with van der Waals surface area (Å²) in [6.45, 7) is 0. The standard InChI is InChI=1S/C24H19NO4/c26-22-20-16-9-10-17(19-12-18(16)19)21(20)23(27)25(22)14-7-4-8-15(11-14)29-24(28)13-5-2-1-3-6-13/h1-11,16-21H,12H2/t16-,17-,18-,19-,20-,21+/m1/s1. The molecule has 0 spiro atoms. The molecule has 2 aromatic rings. The molecule has 5 nitrogen and oxygen atoms in total. The first-order chi connectivity index (χ1) is 14.1. The van der Waals surface area contributed by atoms with E-state index in [0.717, 1.165) is 6.42 Å². The largest absolute Gasteiger partial charge is 0.423 e. The maximum atomic E-state index is 13.2. The maximum absolute atomic E-state index is 13.2. The minimum absolute atomic E-state index is 0.115. The van der Waals surface area contributed by atoms with Crippen LogP contribution in [-0.2, 0) is 9.59 Å². The van der Waals surface area contributed by atoms with Gasteiger partial charge in [0.05, 0.1) is 23.1 Å². The van der Waals surface area contributed by atoms with E-state index in [9.17, 15) is 14.4 Å². The Morgan fingerprint density at radius 2 is 1.52 bits per heavy atom. The smallest absolute Gasteiger partial charge is 0.343 e. The Labute approximate surface area is 168 Å². The van der Waals surface area contributed by atoms with Crippen LogP contribution in [0.5, 0.6) is 5.75 Å². The Bertz CT molecular complexity index is 1040. The van der Waals surface area contributed by atoms with Crippen molar-refractivity contribution in [2.24, 2.45) is 35.5 Å². The molecule has 7 rings (SSSR count). The zero-order valence-corrected chi connectivity index (χ0v) is 15.6. The molecule has 2 saturated carbocycles. The van der Waals surface area contributed by atoms with Crippen molar-refractivity contribution < 1.29 is 19.1 Å². The molecule has 2 bridgehead atoms. The van der Waals surface area contributed by atoms with E-state index in [2.05, 4.69) is 12.2 Å². The van der Waals surface area contributed by atoms with Gasteiger partial charge in [-0.15, -0.1) is 0 Å². The topological polar surface area (TPSA) is 63.7 Å². The van der Waals surface area contributed by atoms with Gasteiger partial charge in [0.2, 0.25) is 11.8 Å². The van der Waals surface area contributed by atoms with Crippen LogP contribution >= 0.6 is 0 Å². The molecule has 0 N–H and O–H groups in total. The van der Waals surface area contributed by atoms with Crippen LogP contribution in [0.4, 0.5) is 5.69 Å². The minimum Gasteiger partial charge on any atom is -0.423 e. The molecule has 0 radical (unpaired) electrons. The van der Waals surface area contributed by atoms with E-state index in [1.165, 1.54) is 4.90 Å². The molecule has 1 heterocycles. The van der Waals surface area contributed by atoms with Crippen molar-refractivity contribution in [3.05, 3.63) is 72.3 Å². The van der Waals surface area contributed by atoms with E-state index in [1.807, 2.05) is 6.07 Å². The molecular formula is C24H19NO4. The van der Waals surface area contributed by atoms with Gasteiger partial charge in [-0.2, -0.15) is 0 Å². The van der Waals surface area contributed by atoms with Crippen LogP contribution in [0.1, 0.15) is 16.8 Å². The SMILES string of the molecule is O=C(Oc1cccc(N2C(=O)[C@@H]3[C@@H]4C=C[C@H]([C@H]5C[C@H]45)[C@@H]3C2=O)c1)c1ccccc1. The molecule has 1 saturated heterocycles. The molecule has 4 aliphatic carbocycles. The quantitative estimate of drug-likeness (QED) is 0.351. The summed E-state index contributed by atoms with van der Waals surface area (Å²) in [5.41, 5.74) is 0.917. The van der Waals surface area contributed by atoms with Crippen molar-refractivity contribution in [3.63, 3.8) is 0 Å². The number of hydrogen-bond acceptors (Lipinski definition) is 4. The lowest BCUT2D eigenvalue weighted by atomic mass is 9.63. The molecule has 5 aliphatic rings. The molecule has 144 valence electrons. The highest BCUT2D eigenvalue weighted by atomic mass is 16.5. The van der Waals surface area contributed by atoms with Gasteiger partial charge in [0.25, 0.3) is 0 Å². The molecular weight excluding hydrogens is 366 g/mol. The molecule has 5 heteroatoms. The molecule has 0 aromatic heterocycles. The first-order valence-electron chi connectivity index (χ1n) is 10.1. The summed E-state index contributed by atoms with van der Waals surface area (Å²) in [5, 5.41) is 0. The van der Waals surface area contributed by atoms with E-state index in [4.69, 9.17) is 4.74 Å². The lowest BCUT2D eigenvalue weighted by molar-refractivity contribution is -0.124. The summed E-state index contributed by atoms with van der Waals surface area (Å²) in [6.07, 6.45) is 5.46. The number of allylic oxidation sites excluding steroid dienone is 2. The number of nitrogens with zero attached hydrogens (tertiary/aromatic N) is 1. The summed E-state index contributed by atoms with van der Waals surface area (Å²) < 4.78 is 5.47. The zero-order valence-electron chi connectivity index (χ0n) is 15.6. The zero-order chi connectivity index (χ0) is 19.7. The summed E-state index contributed by atoms with van der Waals surface area (Å²) in [4.78, 5) is 40.1. The predicted octanol–water partition coefficient (Wildman–Crippen LogP) is 3.46. The summed E-state index contributed by atoms with van der Waals surface area (Å²) >= 11 is 0. The first kappa shape index (κ1) is 16.7. The van der Waals surface area contributed by atoms with Gasteiger partial charge in [0.1, 0.15) is 5.75 Å². The Morgan fingerprint density at radius 1 is 0.862 bits per heavy atom. The summed E-state index contributed by atoms with van der Waals surface area (Å²) in [7, 11) is 0. The van der Waals surface area contributed by atoms with E-state index >= 15 is 0 Å². The van der Waals surface area contributed by atoms with Crippen molar-refractivity contribution in [1.29, 1.82) is 0 Å². The number of ether oxygens (including phenoxy) is 1. The van der Waals surface area contributed by atoms with Gasteiger partial charge in [-0.3, -0.25) is 9.59 Å². The van der Waals surface area contributed by atoms with Crippen molar-refractivity contribution in [1.82, 2.24) is 0 Å². The summed E-state index contributed by atoms with van der Waals surface area (Å²) in [6, 6.07) is 15.4. The van der Waals surface area contributed by atoms with Crippen molar-refractivity contribution in [2.75, 3.05) is 4.90 Å². The molecule has 1 aliphatic heterocycles. The predicted molar refractivity (Wildman–Crippen MR) is 105 cm³/mol. The van der Waals surface area contributed by atoms with Gasteiger partial charge >= 0.3 is 5.97 Å². The Hall–Kier alpha value is -3.21. The second-order valence-corrected chi connectivity index (χ2v) is 8.42. The van der Waals surface area contributed by atoms with Gasteiger partial charge in [-0.1, -0.05) is 36.4 Å². The maximum Gasteiger partial charge on any atom is 0.343 e. The van der Waals surface area contributed by atoms with Crippen LogP contribution in [0.25, 0.3) is 0 Å². The lowest BCUT2D eigenvalue weighted by Crippen LogP contribution is -2.40. The third-order valence-electron chi connectivity index (χ3n) is 6.96. The van der Waals surface area contributed by atoms with Crippen LogP contribution < -0.4 is 9.64 Å². The van der Waals surface area contributed by atoms with Crippen LogP contribution in [-0.4, -0.2) is 17.8 Å². The monoisotopic (exact) mass is 385 g/mol. The Kier molecular flexibility index (Phi) is 3.40. The van der Waals surface area contributed by atoms with Gasteiger partial charge in [-0.25, -0.2) is 9.69 Å². The molecule has 0 unspecified atom stereocenters. The fourth-order valence-corrected chi connectivity index (χ4v) is 5.64. The highest BCUT2D eigenvalue weighted by molar-refractivity contribution is 6.22. The van der Waals surface area contributed by atoms with Crippen molar-refractivity contribution >= 4 is 23.5 Å². The molecule has 29 heavy (non-hydrogen) atoms.